The fourth-order valence-corrected chi connectivity index (χ4v) is 5.51. The summed E-state index contributed by atoms with van der Waals surface area (Å²) in [5.74, 6) is 4.15. The molecule has 1 aliphatic heterocycles. The predicted molar refractivity (Wildman–Crippen MR) is 71.9 cm³/mol. The molecule has 3 fully saturated rings. The summed E-state index contributed by atoms with van der Waals surface area (Å²) in [5, 5.41) is 1.18. The first-order chi connectivity index (χ1) is 7.78. The van der Waals surface area contributed by atoms with Crippen molar-refractivity contribution in [3.05, 3.63) is 0 Å². The van der Waals surface area contributed by atoms with Crippen LogP contribution in [0.1, 0.15) is 39.0 Å². The average Bonchev–Trinajstić information content (AvgIpc) is 2.94. The molecule has 5 unspecified atom stereocenters. The van der Waals surface area contributed by atoms with Crippen LogP contribution in [0.25, 0.3) is 0 Å². The molecule has 2 heteroatoms. The highest BCUT2D eigenvalue weighted by Crippen LogP contribution is 2.49. The third-order valence-corrected chi connectivity index (χ3v) is 6.17. The van der Waals surface area contributed by atoms with Crippen LogP contribution >= 0.6 is 15.9 Å². The second-order valence-corrected chi connectivity index (χ2v) is 7.06. The van der Waals surface area contributed by atoms with Crippen LogP contribution in [0.2, 0.25) is 0 Å². The van der Waals surface area contributed by atoms with Gasteiger partial charge in [-0.15, -0.1) is 0 Å². The Morgan fingerprint density at radius 2 is 2.06 bits per heavy atom. The summed E-state index contributed by atoms with van der Waals surface area (Å²) in [4.78, 5) is 2.78. The van der Waals surface area contributed by atoms with Crippen LogP contribution in [0.15, 0.2) is 0 Å². The highest BCUT2D eigenvalue weighted by atomic mass is 79.9. The number of halogens is 1. The van der Waals surface area contributed by atoms with Crippen molar-refractivity contribution >= 4 is 15.9 Å². The van der Waals surface area contributed by atoms with Gasteiger partial charge in [-0.05, 0) is 55.9 Å². The Morgan fingerprint density at radius 1 is 1.19 bits per heavy atom. The topological polar surface area (TPSA) is 3.24 Å². The normalized spacial score (nSPS) is 48.0. The van der Waals surface area contributed by atoms with Crippen molar-refractivity contribution in [3.8, 4) is 0 Å². The van der Waals surface area contributed by atoms with E-state index in [2.05, 4.69) is 27.8 Å². The molecule has 0 aromatic rings. The number of likely N-dealkylation sites (tertiary alicyclic amines) is 1. The Bertz CT molecular complexity index is 255. The Balaban J connectivity index is 1.58. The molecule has 1 heterocycles. The van der Waals surface area contributed by atoms with Gasteiger partial charge >= 0.3 is 0 Å². The van der Waals surface area contributed by atoms with Crippen LogP contribution in [-0.2, 0) is 0 Å². The second-order valence-electron chi connectivity index (χ2n) is 6.42. The van der Waals surface area contributed by atoms with Crippen LogP contribution in [0.5, 0.6) is 0 Å². The monoisotopic (exact) mass is 285 g/mol. The minimum absolute atomic E-state index is 0.819. The van der Waals surface area contributed by atoms with E-state index in [0.717, 1.165) is 29.7 Å². The molecule has 0 aromatic heterocycles. The number of hydrogen-bond donors (Lipinski definition) is 0. The fourth-order valence-electron chi connectivity index (χ4n) is 4.47. The number of hydrogen-bond acceptors (Lipinski definition) is 1. The first-order valence-corrected chi connectivity index (χ1v) is 8.20. The Labute approximate surface area is 108 Å². The first-order valence-electron chi connectivity index (χ1n) is 7.08. The molecule has 92 valence electrons. The number of alkyl halides is 1. The van der Waals surface area contributed by atoms with Gasteiger partial charge in [0, 0.05) is 17.9 Å². The van der Waals surface area contributed by atoms with E-state index in [1.54, 1.807) is 19.3 Å². The molecular formula is C14H24BrN. The zero-order valence-corrected chi connectivity index (χ0v) is 12.0. The minimum Gasteiger partial charge on any atom is -0.299 e. The lowest BCUT2D eigenvalue weighted by Crippen LogP contribution is -2.38. The quantitative estimate of drug-likeness (QED) is 0.717. The summed E-state index contributed by atoms with van der Waals surface area (Å²) < 4.78 is 0. The van der Waals surface area contributed by atoms with Crippen molar-refractivity contribution < 1.29 is 0 Å². The molecule has 3 aliphatic rings. The number of rotatable bonds is 3. The zero-order chi connectivity index (χ0) is 11.1. The van der Waals surface area contributed by atoms with Gasteiger partial charge in [0.25, 0.3) is 0 Å². The largest absolute Gasteiger partial charge is 0.299 e. The zero-order valence-electron chi connectivity index (χ0n) is 10.4. The lowest BCUT2D eigenvalue weighted by Gasteiger charge is -2.31. The van der Waals surface area contributed by atoms with E-state index in [9.17, 15) is 0 Å². The Kier molecular flexibility index (Phi) is 3.32. The minimum atomic E-state index is 0.819. The van der Waals surface area contributed by atoms with Gasteiger partial charge in [0.1, 0.15) is 0 Å². The summed E-state index contributed by atoms with van der Waals surface area (Å²) in [7, 11) is 0. The van der Waals surface area contributed by atoms with Gasteiger partial charge in [0.2, 0.25) is 0 Å². The van der Waals surface area contributed by atoms with E-state index < -0.39 is 0 Å². The van der Waals surface area contributed by atoms with Crippen molar-refractivity contribution in [1.82, 2.24) is 4.90 Å². The molecule has 1 saturated heterocycles. The van der Waals surface area contributed by atoms with Gasteiger partial charge in [-0.3, -0.25) is 4.90 Å². The van der Waals surface area contributed by atoms with Crippen LogP contribution in [0, 0.1) is 23.7 Å². The maximum absolute atomic E-state index is 3.71. The van der Waals surface area contributed by atoms with E-state index in [1.807, 2.05) is 0 Å². The van der Waals surface area contributed by atoms with Crippen LogP contribution in [-0.4, -0.2) is 29.4 Å². The van der Waals surface area contributed by atoms with Crippen LogP contribution < -0.4 is 0 Å². The number of fused-ring (bicyclic) bond motifs is 2. The van der Waals surface area contributed by atoms with Gasteiger partial charge in [-0.1, -0.05) is 29.3 Å². The summed E-state index contributed by atoms with van der Waals surface area (Å²) in [6.45, 7) is 5.18. The first kappa shape index (κ1) is 11.5. The molecule has 0 amide bonds. The van der Waals surface area contributed by atoms with Gasteiger partial charge in [0.15, 0.2) is 0 Å². The van der Waals surface area contributed by atoms with E-state index in [1.165, 1.54) is 31.3 Å². The lowest BCUT2D eigenvalue weighted by molar-refractivity contribution is 0.178. The van der Waals surface area contributed by atoms with E-state index in [4.69, 9.17) is 0 Å². The lowest BCUT2D eigenvalue weighted by atomic mass is 9.88. The summed E-state index contributed by atoms with van der Waals surface area (Å²) >= 11 is 3.71. The van der Waals surface area contributed by atoms with Crippen molar-refractivity contribution in [1.29, 1.82) is 0 Å². The molecule has 0 spiro atoms. The summed E-state index contributed by atoms with van der Waals surface area (Å²) in [6.07, 6.45) is 7.60. The molecule has 2 aliphatic carbocycles. The fraction of sp³-hybridized carbons (Fsp3) is 1.00. The predicted octanol–water partition coefficient (Wildman–Crippen LogP) is 3.53. The van der Waals surface area contributed by atoms with E-state index in [-0.39, 0.29) is 0 Å². The highest BCUT2D eigenvalue weighted by molar-refractivity contribution is 9.09. The molecular weight excluding hydrogens is 262 g/mol. The SMILES string of the molecule is CC1CCN(CC2CC3CCC2C3)C1CBr. The Morgan fingerprint density at radius 3 is 2.69 bits per heavy atom. The Hall–Kier alpha value is 0.440. The highest BCUT2D eigenvalue weighted by Gasteiger charge is 2.41. The van der Waals surface area contributed by atoms with E-state index in [0.29, 0.717) is 0 Å². The second kappa shape index (κ2) is 4.61. The maximum Gasteiger partial charge on any atom is 0.0218 e. The van der Waals surface area contributed by atoms with Gasteiger partial charge in [-0.2, -0.15) is 0 Å². The standard InChI is InChI=1S/C14H24BrN/c1-10-4-5-16(14(10)8-15)9-13-7-11-2-3-12(13)6-11/h10-14H,2-9H2,1H3. The third kappa shape index (κ3) is 1.96. The van der Waals surface area contributed by atoms with Gasteiger partial charge in [-0.25, -0.2) is 0 Å². The molecule has 3 rings (SSSR count). The summed E-state index contributed by atoms with van der Waals surface area (Å²) in [6, 6.07) is 0.819. The van der Waals surface area contributed by atoms with Crippen molar-refractivity contribution in [3.63, 3.8) is 0 Å². The number of nitrogens with zero attached hydrogens (tertiary/aromatic N) is 1. The third-order valence-electron chi connectivity index (χ3n) is 5.51. The average molecular weight is 286 g/mol. The molecule has 0 N–H and O–H groups in total. The smallest absolute Gasteiger partial charge is 0.0218 e. The molecule has 16 heavy (non-hydrogen) atoms. The molecule has 0 aromatic carbocycles. The van der Waals surface area contributed by atoms with Crippen molar-refractivity contribution in [2.24, 2.45) is 23.7 Å². The van der Waals surface area contributed by atoms with Crippen LogP contribution in [0.4, 0.5) is 0 Å². The van der Waals surface area contributed by atoms with Crippen molar-refractivity contribution in [2.45, 2.75) is 45.1 Å². The maximum atomic E-state index is 3.71. The van der Waals surface area contributed by atoms with Crippen LogP contribution in [0.3, 0.4) is 0 Å². The van der Waals surface area contributed by atoms with Gasteiger partial charge < -0.3 is 0 Å². The van der Waals surface area contributed by atoms with Gasteiger partial charge in [0.05, 0.1) is 0 Å². The molecule has 2 bridgehead atoms. The summed E-state index contributed by atoms with van der Waals surface area (Å²) in [5.41, 5.74) is 0. The molecule has 5 atom stereocenters. The molecule has 0 radical (unpaired) electrons. The molecule has 1 nitrogen and oxygen atoms in total. The van der Waals surface area contributed by atoms with Crippen molar-refractivity contribution in [2.75, 3.05) is 18.4 Å². The van der Waals surface area contributed by atoms with E-state index >= 15 is 0 Å². The molecule has 2 saturated carbocycles.